The summed E-state index contributed by atoms with van der Waals surface area (Å²) in [6.07, 6.45) is -3.88. The van der Waals surface area contributed by atoms with E-state index >= 15 is 0 Å². The Morgan fingerprint density at radius 3 is 2.32 bits per heavy atom. The van der Waals surface area contributed by atoms with Crippen LogP contribution in [0.4, 0.5) is 22.0 Å². The molecule has 6 nitrogen and oxygen atoms in total. The van der Waals surface area contributed by atoms with Crippen molar-refractivity contribution in [3.05, 3.63) is 18.3 Å². The molecule has 22 heavy (non-hydrogen) atoms. The molecule has 1 aromatic heterocycles. The van der Waals surface area contributed by atoms with Crippen LogP contribution in [-0.4, -0.2) is 45.2 Å². The number of nitrogens with two attached hydrogens (primary N) is 1. The van der Waals surface area contributed by atoms with Crippen LogP contribution in [0, 0.1) is 0 Å². The lowest BCUT2D eigenvalue weighted by atomic mass is 10.3. The third-order valence-electron chi connectivity index (χ3n) is 2.22. The van der Waals surface area contributed by atoms with E-state index in [0.29, 0.717) is 6.20 Å². The van der Waals surface area contributed by atoms with E-state index in [1.54, 1.807) is 4.72 Å². The molecule has 0 saturated heterocycles. The number of nitrogens with zero attached hydrogens (tertiary/aromatic N) is 1. The maximum atomic E-state index is 12.9. The number of nitrogens with one attached hydrogen (secondary N) is 1. The predicted octanol–water partition coefficient (Wildman–Crippen LogP) is 0.895. The summed E-state index contributed by atoms with van der Waals surface area (Å²) in [5.74, 6) is -3.88. The Bertz CT molecular complexity index is 589. The number of aromatic nitrogens is 1. The number of hydrogen-bond acceptors (Lipinski definition) is 5. The molecule has 1 heterocycles. The number of rotatable bonds is 7. The summed E-state index contributed by atoms with van der Waals surface area (Å²) in [7, 11) is -4.29. The van der Waals surface area contributed by atoms with Gasteiger partial charge in [-0.25, -0.2) is 26.9 Å². The number of ether oxygens (including phenoxy) is 1. The van der Waals surface area contributed by atoms with E-state index in [1.807, 2.05) is 0 Å². The van der Waals surface area contributed by atoms with Gasteiger partial charge >= 0.3 is 6.18 Å². The number of halogens is 5. The average molecular weight is 349 g/mol. The largest absolute Gasteiger partial charge is 0.468 e. The maximum absolute atomic E-state index is 12.9. The van der Waals surface area contributed by atoms with Crippen LogP contribution < -0.4 is 15.2 Å². The summed E-state index contributed by atoms with van der Waals surface area (Å²) in [4.78, 5) is 2.86. The lowest BCUT2D eigenvalue weighted by molar-refractivity contribution is -0.154. The second-order valence-corrected chi connectivity index (χ2v) is 5.89. The molecule has 0 aliphatic heterocycles. The van der Waals surface area contributed by atoms with Gasteiger partial charge in [-0.1, -0.05) is 0 Å². The molecule has 0 saturated carbocycles. The van der Waals surface area contributed by atoms with Crippen LogP contribution >= 0.6 is 0 Å². The molecule has 0 bridgehead atoms. The van der Waals surface area contributed by atoms with Gasteiger partial charge in [0, 0.05) is 6.07 Å². The van der Waals surface area contributed by atoms with Crippen LogP contribution in [0.15, 0.2) is 23.2 Å². The van der Waals surface area contributed by atoms with Gasteiger partial charge in [-0.3, -0.25) is 0 Å². The first-order valence-electron chi connectivity index (χ1n) is 5.68. The Morgan fingerprint density at radius 2 is 1.86 bits per heavy atom. The third kappa shape index (κ3) is 6.07. The lowest BCUT2D eigenvalue weighted by Crippen LogP contribution is -2.41. The zero-order chi connectivity index (χ0) is 17.0. The highest BCUT2D eigenvalue weighted by atomic mass is 32.2. The van der Waals surface area contributed by atoms with Crippen molar-refractivity contribution in [1.82, 2.24) is 9.71 Å². The highest BCUT2D eigenvalue weighted by molar-refractivity contribution is 7.89. The fourth-order valence-electron chi connectivity index (χ4n) is 1.12. The van der Waals surface area contributed by atoms with E-state index in [9.17, 15) is 30.4 Å². The summed E-state index contributed by atoms with van der Waals surface area (Å²) in [5, 5.41) is 0. The van der Waals surface area contributed by atoms with Gasteiger partial charge in [-0.05, 0) is 6.07 Å². The molecule has 0 atom stereocenters. The molecule has 0 aliphatic rings. The SMILES string of the molecule is NCC(F)(F)CNS(=O)(=O)c1ccc(OCC(F)(F)F)nc1. The Balaban J connectivity index is 2.73. The van der Waals surface area contributed by atoms with E-state index in [4.69, 9.17) is 5.73 Å². The van der Waals surface area contributed by atoms with Crippen molar-refractivity contribution in [1.29, 1.82) is 0 Å². The summed E-state index contributed by atoms with van der Waals surface area (Å²) in [6.45, 7) is -3.84. The molecule has 1 aromatic rings. The van der Waals surface area contributed by atoms with Gasteiger partial charge in [0.15, 0.2) is 6.61 Å². The standard InChI is InChI=1S/C10H12F5N3O3S/c11-9(12,4-16)5-18-22(19,20)7-1-2-8(17-3-7)21-6-10(13,14)15/h1-3,18H,4-6,16H2. The number of alkyl halides is 5. The van der Waals surface area contributed by atoms with Crippen molar-refractivity contribution in [2.75, 3.05) is 19.7 Å². The van der Waals surface area contributed by atoms with Crippen molar-refractivity contribution < 1.29 is 35.1 Å². The molecule has 126 valence electrons. The van der Waals surface area contributed by atoms with E-state index < -0.39 is 52.6 Å². The quantitative estimate of drug-likeness (QED) is 0.713. The minimum Gasteiger partial charge on any atom is -0.468 e. The second kappa shape index (κ2) is 6.71. The molecule has 0 fully saturated rings. The normalized spacial score (nSPS) is 13.2. The van der Waals surface area contributed by atoms with E-state index in [1.165, 1.54) is 0 Å². The molecule has 1 rings (SSSR count). The molecule has 0 unspecified atom stereocenters. The highest BCUT2D eigenvalue weighted by Gasteiger charge is 2.30. The Morgan fingerprint density at radius 1 is 1.23 bits per heavy atom. The van der Waals surface area contributed by atoms with Gasteiger partial charge < -0.3 is 10.5 Å². The van der Waals surface area contributed by atoms with Gasteiger partial charge in [0.05, 0.1) is 19.3 Å². The van der Waals surface area contributed by atoms with E-state index in [-0.39, 0.29) is 0 Å². The number of pyridine rings is 1. The Kier molecular flexibility index (Phi) is 5.65. The predicted molar refractivity (Wildman–Crippen MR) is 65.0 cm³/mol. The van der Waals surface area contributed by atoms with Crippen molar-refractivity contribution in [2.24, 2.45) is 5.73 Å². The van der Waals surface area contributed by atoms with Crippen LogP contribution in [0.5, 0.6) is 5.88 Å². The zero-order valence-electron chi connectivity index (χ0n) is 10.9. The molecule has 0 spiro atoms. The number of sulfonamides is 1. The fourth-order valence-corrected chi connectivity index (χ4v) is 2.13. The zero-order valence-corrected chi connectivity index (χ0v) is 11.7. The topological polar surface area (TPSA) is 94.3 Å². The molecular formula is C10H12F5N3O3S. The first-order valence-corrected chi connectivity index (χ1v) is 7.17. The monoisotopic (exact) mass is 349 g/mol. The van der Waals surface area contributed by atoms with E-state index in [2.05, 4.69) is 9.72 Å². The van der Waals surface area contributed by atoms with Gasteiger partial charge in [-0.15, -0.1) is 0 Å². The molecule has 3 N–H and O–H groups in total. The Hall–Kier alpha value is -1.53. The first kappa shape index (κ1) is 18.5. The maximum Gasteiger partial charge on any atom is 0.422 e. The highest BCUT2D eigenvalue weighted by Crippen LogP contribution is 2.18. The molecule has 12 heteroatoms. The summed E-state index contributed by atoms with van der Waals surface area (Å²) in [6, 6.07) is 1.75. The lowest BCUT2D eigenvalue weighted by Gasteiger charge is -2.14. The minimum absolute atomic E-state index is 0.455. The first-order chi connectivity index (χ1) is 9.95. The summed E-state index contributed by atoms with van der Waals surface area (Å²) >= 11 is 0. The smallest absolute Gasteiger partial charge is 0.422 e. The van der Waals surface area contributed by atoms with Crippen LogP contribution in [0.25, 0.3) is 0 Å². The molecule has 0 aromatic carbocycles. The minimum atomic E-state index is -4.57. The molecule has 0 amide bonds. The Labute approximate surface area is 122 Å². The van der Waals surface area contributed by atoms with Crippen LogP contribution in [0.1, 0.15) is 0 Å². The van der Waals surface area contributed by atoms with Crippen LogP contribution in [0.3, 0.4) is 0 Å². The summed E-state index contributed by atoms with van der Waals surface area (Å²) < 4.78 is 90.8. The molecule has 0 radical (unpaired) electrons. The van der Waals surface area contributed by atoms with Crippen molar-refractivity contribution in [2.45, 2.75) is 17.0 Å². The van der Waals surface area contributed by atoms with E-state index in [0.717, 1.165) is 12.1 Å². The van der Waals surface area contributed by atoms with Gasteiger partial charge in [-0.2, -0.15) is 13.2 Å². The third-order valence-corrected chi connectivity index (χ3v) is 3.61. The molecular weight excluding hydrogens is 337 g/mol. The molecule has 0 aliphatic carbocycles. The van der Waals surface area contributed by atoms with Crippen molar-refractivity contribution in [3.8, 4) is 5.88 Å². The van der Waals surface area contributed by atoms with Crippen LogP contribution in [0.2, 0.25) is 0 Å². The van der Waals surface area contributed by atoms with Gasteiger partial charge in [0.2, 0.25) is 15.9 Å². The average Bonchev–Trinajstić information content (AvgIpc) is 2.43. The van der Waals surface area contributed by atoms with Gasteiger partial charge in [0.1, 0.15) is 4.90 Å². The summed E-state index contributed by atoms with van der Waals surface area (Å²) in [5.41, 5.74) is 4.76. The van der Waals surface area contributed by atoms with Gasteiger partial charge in [0.25, 0.3) is 5.92 Å². The number of hydrogen-bond donors (Lipinski definition) is 2. The second-order valence-electron chi connectivity index (χ2n) is 4.12. The van der Waals surface area contributed by atoms with Crippen molar-refractivity contribution in [3.63, 3.8) is 0 Å². The van der Waals surface area contributed by atoms with Crippen LogP contribution in [-0.2, 0) is 10.0 Å². The fraction of sp³-hybridized carbons (Fsp3) is 0.500. The van der Waals surface area contributed by atoms with Crippen molar-refractivity contribution >= 4 is 10.0 Å².